The first kappa shape index (κ1) is 8.75. The predicted octanol–water partition coefficient (Wildman–Crippen LogP) is 0.843. The summed E-state index contributed by atoms with van der Waals surface area (Å²) in [5.41, 5.74) is 6.76. The number of nitrogens with zero attached hydrogens (tertiary/aromatic N) is 1. The van der Waals surface area contributed by atoms with E-state index in [1.165, 1.54) is 31.5 Å². The standard InChI is InChI=1S/C9H18N2/c1-8(7-10)9-3-5-11(2)6-4-9/h9H,1,3-7,10H2,2H3. The second-order valence-corrected chi connectivity index (χ2v) is 3.44. The lowest BCUT2D eigenvalue weighted by Gasteiger charge is -2.29. The van der Waals surface area contributed by atoms with E-state index in [-0.39, 0.29) is 0 Å². The van der Waals surface area contributed by atoms with E-state index in [1.54, 1.807) is 0 Å². The van der Waals surface area contributed by atoms with Crippen LogP contribution in [0, 0.1) is 5.92 Å². The minimum atomic E-state index is 0.661. The van der Waals surface area contributed by atoms with Crippen LogP contribution in [0.5, 0.6) is 0 Å². The summed E-state index contributed by atoms with van der Waals surface area (Å²) in [6.07, 6.45) is 2.49. The molecule has 0 radical (unpaired) electrons. The summed E-state index contributed by atoms with van der Waals surface area (Å²) in [6.45, 7) is 7.04. The number of hydrogen-bond donors (Lipinski definition) is 1. The van der Waals surface area contributed by atoms with Crippen molar-refractivity contribution in [2.45, 2.75) is 12.8 Å². The van der Waals surface area contributed by atoms with Crippen LogP contribution >= 0.6 is 0 Å². The Morgan fingerprint density at radius 1 is 1.55 bits per heavy atom. The van der Waals surface area contributed by atoms with Crippen molar-refractivity contribution in [3.05, 3.63) is 12.2 Å². The zero-order valence-electron chi connectivity index (χ0n) is 7.34. The Balaban J connectivity index is 2.33. The lowest BCUT2D eigenvalue weighted by Crippen LogP contribution is -2.31. The van der Waals surface area contributed by atoms with Crippen molar-refractivity contribution >= 4 is 0 Å². The lowest BCUT2D eigenvalue weighted by molar-refractivity contribution is 0.237. The van der Waals surface area contributed by atoms with Gasteiger partial charge >= 0.3 is 0 Å². The highest BCUT2D eigenvalue weighted by atomic mass is 15.1. The van der Waals surface area contributed by atoms with E-state index in [9.17, 15) is 0 Å². The molecule has 2 nitrogen and oxygen atoms in total. The minimum Gasteiger partial charge on any atom is -0.327 e. The molecule has 2 heteroatoms. The molecule has 1 aliphatic rings. The van der Waals surface area contributed by atoms with E-state index in [2.05, 4.69) is 18.5 Å². The molecule has 11 heavy (non-hydrogen) atoms. The van der Waals surface area contributed by atoms with Crippen molar-refractivity contribution in [1.29, 1.82) is 0 Å². The minimum absolute atomic E-state index is 0.661. The highest BCUT2D eigenvalue weighted by molar-refractivity contribution is 5.03. The van der Waals surface area contributed by atoms with Crippen molar-refractivity contribution in [2.75, 3.05) is 26.7 Å². The number of likely N-dealkylation sites (tertiary alicyclic amines) is 1. The first-order valence-corrected chi connectivity index (χ1v) is 4.30. The van der Waals surface area contributed by atoms with Crippen molar-refractivity contribution in [3.63, 3.8) is 0 Å². The van der Waals surface area contributed by atoms with E-state index >= 15 is 0 Å². The summed E-state index contributed by atoms with van der Waals surface area (Å²) >= 11 is 0. The van der Waals surface area contributed by atoms with Gasteiger partial charge in [-0.2, -0.15) is 0 Å². The molecule has 0 saturated carbocycles. The highest BCUT2D eigenvalue weighted by Gasteiger charge is 2.17. The van der Waals surface area contributed by atoms with Crippen molar-refractivity contribution in [3.8, 4) is 0 Å². The zero-order chi connectivity index (χ0) is 8.27. The van der Waals surface area contributed by atoms with E-state index in [0.29, 0.717) is 12.5 Å². The van der Waals surface area contributed by atoms with Gasteiger partial charge in [0.05, 0.1) is 0 Å². The van der Waals surface area contributed by atoms with Crippen LogP contribution in [0.4, 0.5) is 0 Å². The van der Waals surface area contributed by atoms with E-state index in [0.717, 1.165) is 0 Å². The Hall–Kier alpha value is -0.340. The van der Waals surface area contributed by atoms with Crippen LogP contribution in [-0.4, -0.2) is 31.6 Å². The van der Waals surface area contributed by atoms with E-state index < -0.39 is 0 Å². The first-order valence-electron chi connectivity index (χ1n) is 4.30. The molecule has 0 bridgehead atoms. The van der Waals surface area contributed by atoms with Gasteiger partial charge in [0.15, 0.2) is 0 Å². The van der Waals surface area contributed by atoms with Gasteiger partial charge in [0, 0.05) is 6.54 Å². The highest BCUT2D eigenvalue weighted by Crippen LogP contribution is 2.21. The SMILES string of the molecule is C=C(CN)C1CCN(C)CC1. The third-order valence-electron chi connectivity index (χ3n) is 2.56. The molecule has 0 aliphatic carbocycles. The van der Waals surface area contributed by atoms with Gasteiger partial charge in [0.2, 0.25) is 0 Å². The molecule has 1 rings (SSSR count). The van der Waals surface area contributed by atoms with Crippen LogP contribution in [0.15, 0.2) is 12.2 Å². The molecular weight excluding hydrogens is 136 g/mol. The maximum absolute atomic E-state index is 5.52. The van der Waals surface area contributed by atoms with Gasteiger partial charge < -0.3 is 10.6 Å². The maximum atomic E-state index is 5.52. The largest absolute Gasteiger partial charge is 0.327 e. The van der Waals surface area contributed by atoms with Gasteiger partial charge in [0.25, 0.3) is 0 Å². The zero-order valence-corrected chi connectivity index (χ0v) is 7.34. The molecule has 1 fully saturated rings. The third-order valence-corrected chi connectivity index (χ3v) is 2.56. The monoisotopic (exact) mass is 154 g/mol. The second-order valence-electron chi connectivity index (χ2n) is 3.44. The van der Waals surface area contributed by atoms with Crippen molar-refractivity contribution in [2.24, 2.45) is 11.7 Å². The number of nitrogens with two attached hydrogens (primary N) is 1. The fourth-order valence-electron chi connectivity index (χ4n) is 1.58. The van der Waals surface area contributed by atoms with Gasteiger partial charge in [-0.3, -0.25) is 0 Å². The fourth-order valence-corrected chi connectivity index (χ4v) is 1.58. The van der Waals surface area contributed by atoms with Crippen LogP contribution in [0.1, 0.15) is 12.8 Å². The first-order chi connectivity index (χ1) is 5.24. The van der Waals surface area contributed by atoms with Crippen LogP contribution in [0.3, 0.4) is 0 Å². The van der Waals surface area contributed by atoms with Gasteiger partial charge in [-0.05, 0) is 38.9 Å². The second kappa shape index (κ2) is 3.88. The Labute approximate surface area is 69.1 Å². The Morgan fingerprint density at radius 3 is 2.55 bits per heavy atom. The molecule has 0 aromatic heterocycles. The maximum Gasteiger partial charge on any atom is 0.0136 e. The molecule has 1 saturated heterocycles. The summed E-state index contributed by atoms with van der Waals surface area (Å²) in [7, 11) is 2.17. The molecule has 0 atom stereocenters. The predicted molar refractivity (Wildman–Crippen MR) is 48.4 cm³/mol. The summed E-state index contributed by atoms with van der Waals surface area (Å²) in [4.78, 5) is 2.36. The Morgan fingerprint density at radius 2 is 2.09 bits per heavy atom. The molecule has 0 amide bonds. The van der Waals surface area contributed by atoms with E-state index in [4.69, 9.17) is 5.73 Å². The summed E-state index contributed by atoms with van der Waals surface area (Å²) < 4.78 is 0. The average Bonchev–Trinajstić information content (AvgIpc) is 2.05. The summed E-state index contributed by atoms with van der Waals surface area (Å²) in [6, 6.07) is 0. The Kier molecular flexibility index (Phi) is 3.09. The molecule has 0 aromatic carbocycles. The summed E-state index contributed by atoms with van der Waals surface area (Å²) in [5, 5.41) is 0. The van der Waals surface area contributed by atoms with Crippen molar-refractivity contribution < 1.29 is 0 Å². The topological polar surface area (TPSA) is 29.3 Å². The molecular formula is C9H18N2. The van der Waals surface area contributed by atoms with Crippen LogP contribution in [0.25, 0.3) is 0 Å². The molecule has 1 aliphatic heterocycles. The molecule has 0 unspecified atom stereocenters. The summed E-state index contributed by atoms with van der Waals surface area (Å²) in [5.74, 6) is 0.691. The molecule has 64 valence electrons. The van der Waals surface area contributed by atoms with Gasteiger partial charge in [-0.15, -0.1) is 0 Å². The van der Waals surface area contributed by atoms with Gasteiger partial charge in [0.1, 0.15) is 0 Å². The Bertz CT molecular complexity index is 134. The molecule has 1 heterocycles. The van der Waals surface area contributed by atoms with Crippen LogP contribution in [-0.2, 0) is 0 Å². The van der Waals surface area contributed by atoms with Crippen LogP contribution < -0.4 is 5.73 Å². The van der Waals surface area contributed by atoms with Crippen LogP contribution in [0.2, 0.25) is 0 Å². The molecule has 0 aromatic rings. The number of piperidine rings is 1. The smallest absolute Gasteiger partial charge is 0.0136 e. The number of hydrogen-bond acceptors (Lipinski definition) is 2. The van der Waals surface area contributed by atoms with Gasteiger partial charge in [-0.25, -0.2) is 0 Å². The quantitative estimate of drug-likeness (QED) is 0.597. The fraction of sp³-hybridized carbons (Fsp3) is 0.778. The number of rotatable bonds is 2. The normalized spacial score (nSPS) is 22.0. The van der Waals surface area contributed by atoms with Crippen molar-refractivity contribution in [1.82, 2.24) is 4.90 Å². The lowest BCUT2D eigenvalue weighted by atomic mass is 9.90. The molecule has 2 N–H and O–H groups in total. The third kappa shape index (κ3) is 2.31. The molecule has 0 spiro atoms. The van der Waals surface area contributed by atoms with E-state index in [1.807, 2.05) is 0 Å². The average molecular weight is 154 g/mol. The van der Waals surface area contributed by atoms with Gasteiger partial charge in [-0.1, -0.05) is 12.2 Å².